The van der Waals surface area contributed by atoms with Crippen LogP contribution in [-0.2, 0) is 9.84 Å². The minimum absolute atomic E-state index is 0.250. The summed E-state index contributed by atoms with van der Waals surface area (Å²) in [4.78, 5) is 2.28. The van der Waals surface area contributed by atoms with Crippen molar-refractivity contribution < 1.29 is 8.42 Å². The highest BCUT2D eigenvalue weighted by atomic mass is 32.2. The molecule has 4 nitrogen and oxygen atoms in total. The zero-order valence-corrected chi connectivity index (χ0v) is 9.88. The topological polar surface area (TPSA) is 63.4 Å². The van der Waals surface area contributed by atoms with Crippen LogP contribution in [0.3, 0.4) is 0 Å². The van der Waals surface area contributed by atoms with Crippen LogP contribution >= 0.6 is 0 Å². The molecular weight excluding hydrogens is 212 g/mol. The van der Waals surface area contributed by atoms with Gasteiger partial charge in [0.25, 0.3) is 0 Å². The molecule has 0 aromatic heterocycles. The Labute approximate surface area is 91.7 Å². The molecule has 15 heavy (non-hydrogen) atoms. The first-order valence-electron chi connectivity index (χ1n) is 5.78. The van der Waals surface area contributed by atoms with E-state index in [0.29, 0.717) is 30.6 Å². The molecule has 2 rings (SSSR count). The molecule has 1 aliphatic heterocycles. The molecule has 2 N–H and O–H groups in total. The molecule has 1 saturated heterocycles. The van der Waals surface area contributed by atoms with Gasteiger partial charge in [-0.2, -0.15) is 0 Å². The summed E-state index contributed by atoms with van der Waals surface area (Å²) in [5, 5.41) is 0. The molecule has 0 bridgehead atoms. The maximum Gasteiger partial charge on any atom is 0.152 e. The fourth-order valence-corrected chi connectivity index (χ4v) is 3.88. The van der Waals surface area contributed by atoms with Gasteiger partial charge in [0, 0.05) is 25.2 Å². The van der Waals surface area contributed by atoms with Crippen LogP contribution in [0.1, 0.15) is 25.7 Å². The Morgan fingerprint density at radius 1 is 1.07 bits per heavy atom. The number of nitrogens with zero attached hydrogens (tertiary/aromatic N) is 1. The van der Waals surface area contributed by atoms with Gasteiger partial charge >= 0.3 is 0 Å². The van der Waals surface area contributed by atoms with Crippen LogP contribution in [0.5, 0.6) is 0 Å². The molecule has 1 heterocycles. The molecule has 2 unspecified atom stereocenters. The van der Waals surface area contributed by atoms with Gasteiger partial charge in [-0.25, -0.2) is 8.42 Å². The Bertz CT molecular complexity index is 301. The largest absolute Gasteiger partial charge is 0.326 e. The number of sulfone groups is 1. The van der Waals surface area contributed by atoms with Crippen molar-refractivity contribution in [3.8, 4) is 0 Å². The van der Waals surface area contributed by atoms with Gasteiger partial charge in [0.1, 0.15) is 0 Å². The Morgan fingerprint density at radius 3 is 2.27 bits per heavy atom. The van der Waals surface area contributed by atoms with E-state index in [1.54, 1.807) is 0 Å². The van der Waals surface area contributed by atoms with Crippen LogP contribution in [0.2, 0.25) is 0 Å². The second-order valence-corrected chi connectivity index (χ2v) is 7.01. The summed E-state index contributed by atoms with van der Waals surface area (Å²) in [6.07, 6.45) is 4.69. The van der Waals surface area contributed by atoms with Crippen molar-refractivity contribution in [3.63, 3.8) is 0 Å². The molecule has 0 amide bonds. The standard InChI is InChI=1S/C10H20N2O2S/c11-9-3-1-2-4-10(9)12-5-7-15(13,14)8-6-12/h9-10H,1-8,11H2. The highest BCUT2D eigenvalue weighted by molar-refractivity contribution is 7.91. The van der Waals surface area contributed by atoms with Crippen molar-refractivity contribution >= 4 is 9.84 Å². The lowest BCUT2D eigenvalue weighted by atomic mass is 9.90. The summed E-state index contributed by atoms with van der Waals surface area (Å²) in [7, 11) is -2.75. The molecular formula is C10H20N2O2S. The van der Waals surface area contributed by atoms with Gasteiger partial charge in [0.05, 0.1) is 11.5 Å². The van der Waals surface area contributed by atoms with Crippen LogP contribution in [0.4, 0.5) is 0 Å². The van der Waals surface area contributed by atoms with E-state index >= 15 is 0 Å². The lowest BCUT2D eigenvalue weighted by Crippen LogP contribution is -2.54. The van der Waals surface area contributed by atoms with E-state index < -0.39 is 9.84 Å². The first-order valence-corrected chi connectivity index (χ1v) is 7.61. The Balaban J connectivity index is 1.94. The van der Waals surface area contributed by atoms with Crippen LogP contribution in [0.25, 0.3) is 0 Å². The van der Waals surface area contributed by atoms with Crippen molar-refractivity contribution in [2.45, 2.75) is 37.8 Å². The fourth-order valence-electron chi connectivity index (χ4n) is 2.65. The van der Waals surface area contributed by atoms with Crippen LogP contribution in [0.15, 0.2) is 0 Å². The van der Waals surface area contributed by atoms with Crippen molar-refractivity contribution in [3.05, 3.63) is 0 Å². The van der Waals surface area contributed by atoms with Gasteiger partial charge in [-0.15, -0.1) is 0 Å². The van der Waals surface area contributed by atoms with E-state index in [1.165, 1.54) is 12.8 Å². The predicted molar refractivity (Wildman–Crippen MR) is 60.5 cm³/mol. The van der Waals surface area contributed by atoms with E-state index in [2.05, 4.69) is 4.90 Å². The lowest BCUT2D eigenvalue weighted by molar-refractivity contribution is 0.148. The van der Waals surface area contributed by atoms with Gasteiger partial charge in [0.15, 0.2) is 9.84 Å². The van der Waals surface area contributed by atoms with Gasteiger partial charge in [-0.1, -0.05) is 12.8 Å². The third-order valence-corrected chi connectivity index (χ3v) is 5.24. The molecule has 0 aromatic carbocycles. The second kappa shape index (κ2) is 4.39. The zero-order chi connectivity index (χ0) is 10.9. The normalized spacial score (nSPS) is 37.7. The molecule has 2 atom stereocenters. The maximum absolute atomic E-state index is 11.3. The molecule has 88 valence electrons. The smallest absolute Gasteiger partial charge is 0.152 e. The number of nitrogens with two attached hydrogens (primary N) is 1. The monoisotopic (exact) mass is 232 g/mol. The number of rotatable bonds is 1. The van der Waals surface area contributed by atoms with E-state index in [0.717, 1.165) is 12.8 Å². The summed E-state index contributed by atoms with van der Waals surface area (Å²) < 4.78 is 22.6. The molecule has 2 aliphatic rings. The van der Waals surface area contributed by atoms with Crippen molar-refractivity contribution in [1.29, 1.82) is 0 Å². The summed E-state index contributed by atoms with van der Waals surface area (Å²) in [6, 6.07) is 0.675. The quantitative estimate of drug-likeness (QED) is 0.690. The Hall–Kier alpha value is -0.130. The molecule has 0 aromatic rings. The molecule has 2 fully saturated rings. The third-order valence-electron chi connectivity index (χ3n) is 3.63. The van der Waals surface area contributed by atoms with Crippen molar-refractivity contribution in [2.24, 2.45) is 5.73 Å². The molecule has 1 aliphatic carbocycles. The summed E-state index contributed by atoms with van der Waals surface area (Å²) in [5.41, 5.74) is 6.09. The highest BCUT2D eigenvalue weighted by Crippen LogP contribution is 2.23. The molecule has 5 heteroatoms. The number of hydrogen-bond acceptors (Lipinski definition) is 4. The minimum Gasteiger partial charge on any atom is -0.326 e. The summed E-state index contributed by atoms with van der Waals surface area (Å²) in [6.45, 7) is 1.36. The average Bonchev–Trinajstić information content (AvgIpc) is 2.19. The van der Waals surface area contributed by atoms with Gasteiger partial charge in [-0.05, 0) is 12.8 Å². The Kier molecular flexibility index (Phi) is 3.33. The van der Waals surface area contributed by atoms with Crippen molar-refractivity contribution in [1.82, 2.24) is 4.90 Å². The highest BCUT2D eigenvalue weighted by Gasteiger charge is 2.31. The van der Waals surface area contributed by atoms with Crippen LogP contribution in [-0.4, -0.2) is 50.0 Å². The minimum atomic E-state index is -2.75. The average molecular weight is 232 g/mol. The first-order chi connectivity index (χ1) is 7.08. The maximum atomic E-state index is 11.3. The number of hydrogen-bond donors (Lipinski definition) is 1. The molecule has 0 radical (unpaired) electrons. The van der Waals surface area contributed by atoms with Crippen LogP contribution in [0, 0.1) is 0 Å². The zero-order valence-electron chi connectivity index (χ0n) is 9.06. The predicted octanol–water partition coefficient (Wildman–Crippen LogP) is -0.0133. The fraction of sp³-hybridized carbons (Fsp3) is 1.00. The van der Waals surface area contributed by atoms with Gasteiger partial charge in [-0.3, -0.25) is 4.90 Å². The molecule has 0 spiro atoms. The third kappa shape index (κ3) is 2.71. The lowest BCUT2D eigenvalue weighted by Gasteiger charge is -2.40. The van der Waals surface area contributed by atoms with E-state index in [4.69, 9.17) is 5.73 Å². The Morgan fingerprint density at radius 2 is 1.67 bits per heavy atom. The van der Waals surface area contributed by atoms with Crippen molar-refractivity contribution in [2.75, 3.05) is 24.6 Å². The first kappa shape index (κ1) is 11.4. The summed E-state index contributed by atoms with van der Waals surface area (Å²) in [5.74, 6) is 0.631. The summed E-state index contributed by atoms with van der Waals surface area (Å²) >= 11 is 0. The van der Waals surface area contributed by atoms with Gasteiger partial charge < -0.3 is 5.73 Å². The SMILES string of the molecule is NC1CCCCC1N1CCS(=O)(=O)CC1. The molecule has 1 saturated carbocycles. The van der Waals surface area contributed by atoms with E-state index in [-0.39, 0.29) is 6.04 Å². The van der Waals surface area contributed by atoms with E-state index in [9.17, 15) is 8.42 Å². The second-order valence-electron chi connectivity index (χ2n) is 4.70. The van der Waals surface area contributed by atoms with E-state index in [1.807, 2.05) is 0 Å². The van der Waals surface area contributed by atoms with Gasteiger partial charge in [0.2, 0.25) is 0 Å². The van der Waals surface area contributed by atoms with Crippen LogP contribution < -0.4 is 5.73 Å².